The molecule has 19 heavy (non-hydrogen) atoms. The summed E-state index contributed by atoms with van der Waals surface area (Å²) in [7, 11) is -3.36. The molecule has 1 amide bonds. The van der Waals surface area contributed by atoms with E-state index in [1.54, 1.807) is 24.3 Å². The number of benzene rings is 1. The number of anilines is 1. The fourth-order valence-electron chi connectivity index (χ4n) is 2.15. The molecule has 0 radical (unpaired) electrons. The summed E-state index contributed by atoms with van der Waals surface area (Å²) in [6.45, 7) is 0. The molecule has 100 valence electrons. The molecule has 1 heterocycles. The lowest BCUT2D eigenvalue weighted by Gasteiger charge is -2.21. The van der Waals surface area contributed by atoms with E-state index in [1.807, 2.05) is 6.07 Å². The number of hydrogen-bond acceptors (Lipinski definition) is 4. The third-order valence-electron chi connectivity index (χ3n) is 3.18. The minimum Gasteiger partial charge on any atom is -0.324 e. The standard InChI is InChI=1S/C13H14N2O3S/c14-9-10-5-1-2-6-11(10)15-13(16)12-7-3-4-8-19(12,17)18/h1-2,5-6,12H,3-4,7-8H2,(H,15,16). The molecule has 2 rings (SSSR count). The van der Waals surface area contributed by atoms with Crippen LogP contribution in [0, 0.1) is 11.3 Å². The molecule has 1 aromatic rings. The molecule has 1 atom stereocenters. The lowest BCUT2D eigenvalue weighted by Crippen LogP contribution is -2.39. The van der Waals surface area contributed by atoms with Gasteiger partial charge in [-0.15, -0.1) is 0 Å². The quantitative estimate of drug-likeness (QED) is 0.887. The van der Waals surface area contributed by atoms with E-state index in [-0.39, 0.29) is 5.75 Å². The van der Waals surface area contributed by atoms with Gasteiger partial charge in [0.25, 0.3) is 0 Å². The summed E-state index contributed by atoms with van der Waals surface area (Å²) in [5.41, 5.74) is 0.680. The fraction of sp³-hybridized carbons (Fsp3) is 0.385. The van der Waals surface area contributed by atoms with Crippen molar-refractivity contribution in [2.75, 3.05) is 11.1 Å². The molecule has 1 aromatic carbocycles. The lowest BCUT2D eigenvalue weighted by atomic mass is 10.1. The van der Waals surface area contributed by atoms with Gasteiger partial charge in [0, 0.05) is 0 Å². The van der Waals surface area contributed by atoms with Gasteiger partial charge in [-0.25, -0.2) is 8.42 Å². The topological polar surface area (TPSA) is 87.0 Å². The van der Waals surface area contributed by atoms with E-state index < -0.39 is 21.0 Å². The zero-order chi connectivity index (χ0) is 13.9. The van der Waals surface area contributed by atoms with Crippen LogP contribution in [0.4, 0.5) is 5.69 Å². The molecular formula is C13H14N2O3S. The zero-order valence-corrected chi connectivity index (χ0v) is 11.1. The average molecular weight is 278 g/mol. The zero-order valence-electron chi connectivity index (χ0n) is 10.3. The Morgan fingerprint density at radius 1 is 1.32 bits per heavy atom. The fourth-order valence-corrected chi connectivity index (χ4v) is 3.95. The average Bonchev–Trinajstić information content (AvgIpc) is 2.38. The van der Waals surface area contributed by atoms with Crippen LogP contribution in [0.5, 0.6) is 0 Å². The van der Waals surface area contributed by atoms with Gasteiger partial charge in [0.2, 0.25) is 5.91 Å². The van der Waals surface area contributed by atoms with E-state index in [2.05, 4.69) is 5.32 Å². The summed E-state index contributed by atoms with van der Waals surface area (Å²) >= 11 is 0. The lowest BCUT2D eigenvalue weighted by molar-refractivity contribution is -0.116. The van der Waals surface area contributed by atoms with Crippen LogP contribution in [-0.4, -0.2) is 25.3 Å². The summed E-state index contributed by atoms with van der Waals surface area (Å²) in [4.78, 5) is 12.1. The number of hydrogen-bond donors (Lipinski definition) is 1. The van der Waals surface area contributed by atoms with E-state index in [9.17, 15) is 13.2 Å². The third kappa shape index (κ3) is 2.93. The van der Waals surface area contributed by atoms with Crippen LogP contribution in [0.25, 0.3) is 0 Å². The van der Waals surface area contributed by atoms with Gasteiger partial charge in [-0.1, -0.05) is 18.6 Å². The van der Waals surface area contributed by atoms with Crippen LogP contribution in [-0.2, 0) is 14.6 Å². The van der Waals surface area contributed by atoms with Gasteiger partial charge in [0.05, 0.1) is 17.0 Å². The van der Waals surface area contributed by atoms with Crippen molar-refractivity contribution in [3.8, 4) is 6.07 Å². The van der Waals surface area contributed by atoms with Crippen molar-refractivity contribution >= 4 is 21.4 Å². The molecule has 5 nitrogen and oxygen atoms in total. The number of rotatable bonds is 2. The van der Waals surface area contributed by atoms with E-state index in [4.69, 9.17) is 5.26 Å². The molecule has 1 unspecified atom stereocenters. The monoisotopic (exact) mass is 278 g/mol. The van der Waals surface area contributed by atoms with Crippen LogP contribution in [0.3, 0.4) is 0 Å². The molecule has 0 bridgehead atoms. The predicted molar refractivity (Wildman–Crippen MR) is 71.2 cm³/mol. The van der Waals surface area contributed by atoms with Gasteiger partial charge >= 0.3 is 0 Å². The van der Waals surface area contributed by atoms with Crippen LogP contribution >= 0.6 is 0 Å². The molecule has 0 spiro atoms. The Labute approximate surface area is 112 Å². The van der Waals surface area contributed by atoms with Gasteiger partial charge < -0.3 is 5.32 Å². The van der Waals surface area contributed by atoms with Crippen molar-refractivity contribution in [2.45, 2.75) is 24.5 Å². The number of amides is 1. The SMILES string of the molecule is N#Cc1ccccc1NC(=O)C1CCCCS1(=O)=O. The van der Waals surface area contributed by atoms with Crippen LogP contribution in [0.1, 0.15) is 24.8 Å². The first kappa shape index (κ1) is 13.6. The second-order valence-corrected chi connectivity index (χ2v) is 6.80. The largest absolute Gasteiger partial charge is 0.324 e. The first-order valence-corrected chi connectivity index (χ1v) is 7.78. The summed E-state index contributed by atoms with van der Waals surface area (Å²) in [5.74, 6) is -0.479. The Balaban J connectivity index is 2.20. The van der Waals surface area contributed by atoms with E-state index in [0.29, 0.717) is 24.1 Å². The third-order valence-corrected chi connectivity index (χ3v) is 5.35. The molecular weight excluding hydrogens is 264 g/mol. The molecule has 1 N–H and O–H groups in total. The number of carbonyl (C=O) groups excluding carboxylic acids is 1. The highest BCUT2D eigenvalue weighted by atomic mass is 32.2. The van der Waals surface area contributed by atoms with E-state index in [0.717, 1.165) is 6.42 Å². The Morgan fingerprint density at radius 2 is 2.05 bits per heavy atom. The Morgan fingerprint density at radius 3 is 2.74 bits per heavy atom. The number of nitriles is 1. The minimum absolute atomic E-state index is 0.0605. The Kier molecular flexibility index (Phi) is 3.86. The number of nitrogens with zero attached hydrogens (tertiary/aromatic N) is 1. The highest BCUT2D eigenvalue weighted by Gasteiger charge is 2.34. The highest BCUT2D eigenvalue weighted by molar-refractivity contribution is 7.92. The second-order valence-electron chi connectivity index (χ2n) is 4.50. The first-order chi connectivity index (χ1) is 9.04. The maximum atomic E-state index is 12.1. The van der Waals surface area contributed by atoms with Crippen molar-refractivity contribution < 1.29 is 13.2 Å². The van der Waals surface area contributed by atoms with Crippen LogP contribution in [0.2, 0.25) is 0 Å². The van der Waals surface area contributed by atoms with E-state index in [1.165, 1.54) is 0 Å². The minimum atomic E-state index is -3.36. The van der Waals surface area contributed by atoms with Gasteiger partial charge in [-0.3, -0.25) is 4.79 Å². The molecule has 0 aliphatic carbocycles. The van der Waals surface area contributed by atoms with E-state index >= 15 is 0 Å². The maximum Gasteiger partial charge on any atom is 0.242 e. The molecule has 1 fully saturated rings. The second kappa shape index (κ2) is 5.41. The number of carbonyl (C=O) groups is 1. The van der Waals surface area contributed by atoms with Gasteiger partial charge in [0.1, 0.15) is 11.3 Å². The highest BCUT2D eigenvalue weighted by Crippen LogP contribution is 2.22. The van der Waals surface area contributed by atoms with Gasteiger partial charge in [-0.2, -0.15) is 5.26 Å². The van der Waals surface area contributed by atoms with Crippen LogP contribution in [0.15, 0.2) is 24.3 Å². The summed E-state index contributed by atoms with van der Waals surface area (Å²) in [6.07, 6.45) is 1.70. The Bertz CT molecular complexity index is 632. The normalized spacial score (nSPS) is 21.3. The smallest absolute Gasteiger partial charge is 0.242 e. The molecule has 1 aliphatic rings. The summed E-state index contributed by atoms with van der Waals surface area (Å²) < 4.78 is 23.7. The summed E-state index contributed by atoms with van der Waals surface area (Å²) in [5, 5.41) is 10.5. The van der Waals surface area contributed by atoms with Gasteiger partial charge in [-0.05, 0) is 25.0 Å². The molecule has 0 aromatic heterocycles. The van der Waals surface area contributed by atoms with Crippen molar-refractivity contribution in [1.82, 2.24) is 0 Å². The number of sulfone groups is 1. The summed E-state index contributed by atoms with van der Waals surface area (Å²) in [6, 6.07) is 8.50. The van der Waals surface area contributed by atoms with Gasteiger partial charge in [0.15, 0.2) is 9.84 Å². The van der Waals surface area contributed by atoms with Crippen molar-refractivity contribution in [3.05, 3.63) is 29.8 Å². The molecule has 1 aliphatic heterocycles. The number of para-hydroxylation sites is 1. The molecule has 1 saturated heterocycles. The maximum absolute atomic E-state index is 12.1. The molecule has 6 heteroatoms. The first-order valence-electron chi connectivity index (χ1n) is 6.06. The Hall–Kier alpha value is -1.87. The van der Waals surface area contributed by atoms with Crippen molar-refractivity contribution in [2.24, 2.45) is 0 Å². The molecule has 0 saturated carbocycles. The predicted octanol–water partition coefficient (Wildman–Crippen LogP) is 1.46. The van der Waals surface area contributed by atoms with Crippen LogP contribution < -0.4 is 5.32 Å². The number of nitrogens with one attached hydrogen (secondary N) is 1. The van der Waals surface area contributed by atoms with Crippen molar-refractivity contribution in [3.63, 3.8) is 0 Å². The van der Waals surface area contributed by atoms with Crippen molar-refractivity contribution in [1.29, 1.82) is 5.26 Å².